The van der Waals surface area contributed by atoms with Crippen LogP contribution in [0.4, 0.5) is 0 Å². The summed E-state index contributed by atoms with van der Waals surface area (Å²) in [5, 5.41) is 0.593. The average Bonchev–Trinajstić information content (AvgIpc) is 2.43. The lowest BCUT2D eigenvalue weighted by Crippen LogP contribution is -2.01. The minimum atomic E-state index is 0.593. The van der Waals surface area contributed by atoms with Crippen molar-refractivity contribution >= 4 is 11.6 Å². The van der Waals surface area contributed by atoms with Crippen molar-refractivity contribution in [1.82, 2.24) is 0 Å². The van der Waals surface area contributed by atoms with E-state index in [4.69, 9.17) is 21.1 Å². The third-order valence-electron chi connectivity index (χ3n) is 2.94. The smallest absolute Gasteiger partial charge is 0.141 e. The van der Waals surface area contributed by atoms with Gasteiger partial charge in [0.15, 0.2) is 0 Å². The van der Waals surface area contributed by atoms with Crippen LogP contribution in [0.5, 0.6) is 11.5 Å². The lowest BCUT2D eigenvalue weighted by Gasteiger charge is -2.12. The van der Waals surface area contributed by atoms with Crippen molar-refractivity contribution in [2.45, 2.75) is 52.4 Å². The standard InChI is InChI=1S/C16H25ClO2/c1-3-5-7-12-18-14-10-9-11-15(16(14)17)19-13-8-6-4-2/h9-11H,3-8,12-13H2,1-2H3. The first-order valence-electron chi connectivity index (χ1n) is 7.33. The SMILES string of the molecule is CCCCCOc1cccc(OCCCCC)c1Cl. The minimum absolute atomic E-state index is 0.593. The fourth-order valence-electron chi connectivity index (χ4n) is 1.78. The van der Waals surface area contributed by atoms with Gasteiger partial charge in [-0.3, -0.25) is 0 Å². The lowest BCUT2D eigenvalue weighted by atomic mass is 10.2. The summed E-state index contributed by atoms with van der Waals surface area (Å²) in [6, 6.07) is 5.72. The molecular weight excluding hydrogens is 260 g/mol. The number of unbranched alkanes of at least 4 members (excludes halogenated alkanes) is 4. The molecule has 2 nitrogen and oxygen atoms in total. The zero-order valence-electron chi connectivity index (χ0n) is 12.1. The number of ether oxygens (including phenoxy) is 2. The molecule has 0 saturated carbocycles. The summed E-state index contributed by atoms with van der Waals surface area (Å²) in [4.78, 5) is 0. The van der Waals surface area contributed by atoms with Crippen LogP contribution < -0.4 is 9.47 Å². The van der Waals surface area contributed by atoms with Gasteiger partial charge >= 0.3 is 0 Å². The van der Waals surface area contributed by atoms with Gasteiger partial charge in [0.05, 0.1) is 13.2 Å². The van der Waals surface area contributed by atoms with Crippen molar-refractivity contribution < 1.29 is 9.47 Å². The van der Waals surface area contributed by atoms with Gasteiger partial charge in [-0.2, -0.15) is 0 Å². The summed E-state index contributed by atoms with van der Waals surface area (Å²) < 4.78 is 11.4. The predicted octanol–water partition coefficient (Wildman–Crippen LogP) is 5.48. The Kier molecular flexibility index (Phi) is 8.48. The molecule has 0 aliphatic carbocycles. The van der Waals surface area contributed by atoms with Crippen LogP contribution in [0, 0.1) is 0 Å². The Morgan fingerprint density at radius 1 is 0.842 bits per heavy atom. The van der Waals surface area contributed by atoms with Crippen LogP contribution in [-0.2, 0) is 0 Å². The van der Waals surface area contributed by atoms with Gasteiger partial charge in [0.1, 0.15) is 16.5 Å². The molecule has 0 aromatic heterocycles. The fourth-order valence-corrected chi connectivity index (χ4v) is 2.02. The van der Waals surface area contributed by atoms with E-state index in [9.17, 15) is 0 Å². The first-order chi connectivity index (χ1) is 9.29. The van der Waals surface area contributed by atoms with Gasteiger partial charge in [-0.05, 0) is 25.0 Å². The van der Waals surface area contributed by atoms with Gasteiger partial charge in [-0.1, -0.05) is 57.2 Å². The average molecular weight is 285 g/mol. The number of halogens is 1. The van der Waals surface area contributed by atoms with E-state index < -0.39 is 0 Å². The molecule has 0 radical (unpaired) electrons. The summed E-state index contributed by atoms with van der Waals surface area (Å²) in [6.07, 6.45) is 6.88. The predicted molar refractivity (Wildman–Crippen MR) is 81.5 cm³/mol. The van der Waals surface area contributed by atoms with Crippen molar-refractivity contribution in [3.8, 4) is 11.5 Å². The maximum Gasteiger partial charge on any atom is 0.141 e. The minimum Gasteiger partial charge on any atom is -0.492 e. The Bertz CT molecular complexity index is 322. The van der Waals surface area contributed by atoms with Crippen LogP contribution in [0.3, 0.4) is 0 Å². The third kappa shape index (κ3) is 6.20. The Morgan fingerprint density at radius 2 is 1.32 bits per heavy atom. The molecule has 1 aromatic carbocycles. The third-order valence-corrected chi connectivity index (χ3v) is 3.31. The number of hydrogen-bond donors (Lipinski definition) is 0. The van der Waals surface area contributed by atoms with Gasteiger partial charge in [0.2, 0.25) is 0 Å². The molecule has 3 heteroatoms. The van der Waals surface area contributed by atoms with E-state index in [2.05, 4.69) is 13.8 Å². The van der Waals surface area contributed by atoms with Crippen molar-refractivity contribution in [3.63, 3.8) is 0 Å². The van der Waals surface area contributed by atoms with E-state index in [1.807, 2.05) is 18.2 Å². The quantitative estimate of drug-likeness (QED) is 0.530. The number of benzene rings is 1. The second-order valence-electron chi connectivity index (χ2n) is 4.68. The molecule has 0 amide bonds. The summed E-state index contributed by atoms with van der Waals surface area (Å²) in [5.74, 6) is 1.46. The molecular formula is C16H25ClO2. The van der Waals surface area contributed by atoms with Crippen LogP contribution >= 0.6 is 11.6 Å². The molecule has 0 saturated heterocycles. The zero-order chi connectivity index (χ0) is 13.9. The van der Waals surface area contributed by atoms with Crippen molar-refractivity contribution in [1.29, 1.82) is 0 Å². The zero-order valence-corrected chi connectivity index (χ0v) is 12.8. The van der Waals surface area contributed by atoms with E-state index >= 15 is 0 Å². The monoisotopic (exact) mass is 284 g/mol. The number of rotatable bonds is 10. The first kappa shape index (κ1) is 16.2. The number of hydrogen-bond acceptors (Lipinski definition) is 2. The summed E-state index contributed by atoms with van der Waals surface area (Å²) >= 11 is 6.28. The highest BCUT2D eigenvalue weighted by molar-refractivity contribution is 6.33. The molecule has 19 heavy (non-hydrogen) atoms. The van der Waals surface area contributed by atoms with E-state index in [0.717, 1.165) is 24.3 Å². The molecule has 0 aliphatic rings. The molecule has 108 valence electrons. The molecule has 0 bridgehead atoms. The second kappa shape index (κ2) is 9.96. The van der Waals surface area contributed by atoms with Gasteiger partial charge in [-0.15, -0.1) is 0 Å². The maximum absolute atomic E-state index is 6.28. The molecule has 1 aromatic rings. The normalized spacial score (nSPS) is 10.5. The van der Waals surface area contributed by atoms with E-state index in [-0.39, 0.29) is 0 Å². The molecule has 0 unspecified atom stereocenters. The van der Waals surface area contributed by atoms with Crippen molar-refractivity contribution in [2.24, 2.45) is 0 Å². The Morgan fingerprint density at radius 3 is 1.74 bits per heavy atom. The first-order valence-corrected chi connectivity index (χ1v) is 7.71. The fraction of sp³-hybridized carbons (Fsp3) is 0.625. The Hall–Kier alpha value is -0.890. The summed E-state index contributed by atoms with van der Waals surface area (Å²) in [7, 11) is 0. The summed E-state index contributed by atoms with van der Waals surface area (Å²) in [5.41, 5.74) is 0. The molecule has 0 fully saturated rings. The van der Waals surface area contributed by atoms with Crippen LogP contribution in [-0.4, -0.2) is 13.2 Å². The van der Waals surface area contributed by atoms with Gasteiger partial charge in [0.25, 0.3) is 0 Å². The second-order valence-corrected chi connectivity index (χ2v) is 5.06. The molecule has 0 atom stereocenters. The van der Waals surface area contributed by atoms with Gasteiger partial charge in [-0.25, -0.2) is 0 Å². The van der Waals surface area contributed by atoms with E-state index in [0.29, 0.717) is 18.2 Å². The van der Waals surface area contributed by atoms with E-state index in [1.165, 1.54) is 25.7 Å². The topological polar surface area (TPSA) is 18.5 Å². The highest BCUT2D eigenvalue weighted by Gasteiger charge is 2.08. The van der Waals surface area contributed by atoms with Crippen LogP contribution in [0.1, 0.15) is 52.4 Å². The van der Waals surface area contributed by atoms with Crippen LogP contribution in [0.15, 0.2) is 18.2 Å². The Labute approximate surface area is 122 Å². The molecule has 1 rings (SSSR count). The lowest BCUT2D eigenvalue weighted by molar-refractivity contribution is 0.292. The van der Waals surface area contributed by atoms with Gasteiger partial charge in [0, 0.05) is 0 Å². The summed E-state index contributed by atoms with van der Waals surface area (Å²) in [6.45, 7) is 5.79. The van der Waals surface area contributed by atoms with Gasteiger partial charge < -0.3 is 9.47 Å². The Balaban J connectivity index is 2.44. The largest absolute Gasteiger partial charge is 0.492 e. The van der Waals surface area contributed by atoms with Crippen molar-refractivity contribution in [3.05, 3.63) is 23.2 Å². The molecule has 0 aliphatic heterocycles. The van der Waals surface area contributed by atoms with E-state index in [1.54, 1.807) is 0 Å². The molecule has 0 N–H and O–H groups in total. The molecule has 0 heterocycles. The highest BCUT2D eigenvalue weighted by atomic mass is 35.5. The van der Waals surface area contributed by atoms with Crippen LogP contribution in [0.2, 0.25) is 5.02 Å². The van der Waals surface area contributed by atoms with Crippen molar-refractivity contribution in [2.75, 3.05) is 13.2 Å². The highest BCUT2D eigenvalue weighted by Crippen LogP contribution is 2.34. The maximum atomic E-state index is 6.28. The molecule has 0 spiro atoms. The van der Waals surface area contributed by atoms with Crippen LogP contribution in [0.25, 0.3) is 0 Å².